The summed E-state index contributed by atoms with van der Waals surface area (Å²) in [5.74, 6) is 0. The van der Waals surface area contributed by atoms with Crippen molar-refractivity contribution in [1.29, 1.82) is 0 Å². The van der Waals surface area contributed by atoms with Gasteiger partial charge in [0.05, 0.1) is 5.56 Å². The zero-order valence-electron chi connectivity index (χ0n) is 13.8. The van der Waals surface area contributed by atoms with Crippen LogP contribution in [0.4, 0.5) is 0 Å². The minimum Gasteiger partial charge on any atom is -0.456 e. The number of fused-ring (bicyclic) bond motifs is 3. The number of nitrogens with zero attached hydrogens (tertiary/aromatic N) is 2. The van der Waals surface area contributed by atoms with Gasteiger partial charge in [-0.2, -0.15) is 0 Å². The standard InChI is InChI=1S/C20H19N2O/c1-12-5-7-16(22(4)11-12)19-13(2)6-8-17-20(19)15-10-21-14(3)9-18(15)23-17/h5-11H,1-4H3/q+1. The fraction of sp³-hybridized carbons (Fsp3) is 0.200. The van der Waals surface area contributed by atoms with E-state index in [1.165, 1.54) is 22.4 Å². The number of aromatic nitrogens is 2. The third kappa shape index (κ3) is 2.12. The number of benzene rings is 1. The van der Waals surface area contributed by atoms with Gasteiger partial charge in [-0.15, -0.1) is 0 Å². The predicted molar refractivity (Wildman–Crippen MR) is 92.3 cm³/mol. The third-order valence-electron chi connectivity index (χ3n) is 4.40. The molecule has 0 atom stereocenters. The zero-order chi connectivity index (χ0) is 16.1. The fourth-order valence-electron chi connectivity index (χ4n) is 3.30. The van der Waals surface area contributed by atoms with Crippen molar-refractivity contribution in [3.63, 3.8) is 0 Å². The van der Waals surface area contributed by atoms with Gasteiger partial charge in [0.15, 0.2) is 6.20 Å². The van der Waals surface area contributed by atoms with Crippen molar-refractivity contribution in [3.05, 3.63) is 59.5 Å². The summed E-state index contributed by atoms with van der Waals surface area (Å²) in [5, 5.41) is 2.22. The normalized spacial score (nSPS) is 11.5. The van der Waals surface area contributed by atoms with E-state index in [4.69, 9.17) is 4.42 Å². The Morgan fingerprint density at radius 2 is 1.83 bits per heavy atom. The number of aryl methyl sites for hydroxylation is 4. The third-order valence-corrected chi connectivity index (χ3v) is 4.40. The number of hydrogen-bond acceptors (Lipinski definition) is 2. The molecule has 0 bridgehead atoms. The highest BCUT2D eigenvalue weighted by Gasteiger charge is 2.20. The molecule has 0 spiro atoms. The van der Waals surface area contributed by atoms with Crippen LogP contribution in [0.25, 0.3) is 33.2 Å². The second-order valence-electron chi connectivity index (χ2n) is 6.26. The van der Waals surface area contributed by atoms with Gasteiger partial charge < -0.3 is 4.42 Å². The van der Waals surface area contributed by atoms with E-state index >= 15 is 0 Å². The molecule has 4 aromatic rings. The maximum atomic E-state index is 6.06. The highest BCUT2D eigenvalue weighted by molar-refractivity contribution is 6.12. The molecular formula is C20H19N2O+. The molecule has 3 aromatic heterocycles. The molecule has 1 aromatic carbocycles. The van der Waals surface area contributed by atoms with Crippen LogP contribution in [0.3, 0.4) is 0 Å². The Labute approximate surface area is 135 Å². The molecule has 0 unspecified atom stereocenters. The molecule has 3 heteroatoms. The summed E-state index contributed by atoms with van der Waals surface area (Å²) in [6, 6.07) is 10.5. The van der Waals surface area contributed by atoms with Gasteiger partial charge in [-0.3, -0.25) is 4.98 Å². The van der Waals surface area contributed by atoms with E-state index in [2.05, 4.69) is 60.9 Å². The first-order valence-corrected chi connectivity index (χ1v) is 7.80. The molecular weight excluding hydrogens is 284 g/mol. The van der Waals surface area contributed by atoms with Gasteiger partial charge in [0, 0.05) is 40.4 Å². The van der Waals surface area contributed by atoms with Crippen molar-refractivity contribution in [3.8, 4) is 11.3 Å². The monoisotopic (exact) mass is 303 g/mol. The summed E-state index contributed by atoms with van der Waals surface area (Å²) in [6.07, 6.45) is 4.08. The molecule has 0 radical (unpaired) electrons. The van der Waals surface area contributed by atoms with Gasteiger partial charge in [0.1, 0.15) is 18.2 Å². The lowest BCUT2D eigenvalue weighted by Crippen LogP contribution is -2.31. The van der Waals surface area contributed by atoms with E-state index in [0.29, 0.717) is 0 Å². The van der Waals surface area contributed by atoms with Crippen molar-refractivity contribution in [2.45, 2.75) is 20.8 Å². The average Bonchev–Trinajstić information content (AvgIpc) is 2.86. The summed E-state index contributed by atoms with van der Waals surface area (Å²) >= 11 is 0. The smallest absolute Gasteiger partial charge is 0.213 e. The SMILES string of the molecule is Cc1ccc(-c2c(C)ccc3oc4cc(C)ncc4c23)[n+](C)c1. The first-order valence-electron chi connectivity index (χ1n) is 7.80. The largest absolute Gasteiger partial charge is 0.456 e. The lowest BCUT2D eigenvalue weighted by atomic mass is 9.98. The highest BCUT2D eigenvalue weighted by Crippen LogP contribution is 2.37. The van der Waals surface area contributed by atoms with Gasteiger partial charge >= 0.3 is 0 Å². The van der Waals surface area contributed by atoms with E-state index in [1.807, 2.05) is 19.2 Å². The Morgan fingerprint density at radius 3 is 2.61 bits per heavy atom. The molecule has 0 fully saturated rings. The predicted octanol–water partition coefficient (Wildman–Crippen LogP) is 4.40. The van der Waals surface area contributed by atoms with Crippen molar-refractivity contribution in [1.82, 2.24) is 4.98 Å². The van der Waals surface area contributed by atoms with Gasteiger partial charge in [0.2, 0.25) is 5.69 Å². The minimum absolute atomic E-state index is 0.897. The summed E-state index contributed by atoms with van der Waals surface area (Å²) in [5.41, 5.74) is 7.66. The Kier molecular flexibility index (Phi) is 2.98. The number of pyridine rings is 2. The molecule has 3 heterocycles. The molecule has 0 aliphatic carbocycles. The molecule has 3 nitrogen and oxygen atoms in total. The van der Waals surface area contributed by atoms with Crippen molar-refractivity contribution >= 4 is 21.9 Å². The van der Waals surface area contributed by atoms with Crippen LogP contribution in [0.1, 0.15) is 16.8 Å². The fourth-order valence-corrected chi connectivity index (χ4v) is 3.30. The van der Waals surface area contributed by atoms with Crippen LogP contribution in [0, 0.1) is 20.8 Å². The first-order chi connectivity index (χ1) is 11.0. The van der Waals surface area contributed by atoms with Crippen LogP contribution in [0.15, 0.2) is 47.1 Å². The lowest BCUT2D eigenvalue weighted by molar-refractivity contribution is -0.660. The Balaban J connectivity index is 2.16. The van der Waals surface area contributed by atoms with E-state index in [0.717, 1.165) is 27.6 Å². The average molecular weight is 303 g/mol. The molecule has 114 valence electrons. The van der Waals surface area contributed by atoms with Gasteiger partial charge in [-0.05, 0) is 38.5 Å². The van der Waals surface area contributed by atoms with Crippen LogP contribution in [0.2, 0.25) is 0 Å². The first kappa shape index (κ1) is 13.9. The molecule has 0 N–H and O–H groups in total. The number of rotatable bonds is 1. The Hall–Kier alpha value is -2.68. The van der Waals surface area contributed by atoms with Crippen LogP contribution in [0.5, 0.6) is 0 Å². The van der Waals surface area contributed by atoms with Crippen molar-refractivity contribution in [2.24, 2.45) is 7.05 Å². The second-order valence-corrected chi connectivity index (χ2v) is 6.26. The van der Waals surface area contributed by atoms with Gasteiger partial charge in [0.25, 0.3) is 0 Å². The summed E-state index contributed by atoms with van der Waals surface area (Å²) < 4.78 is 8.24. The molecule has 0 aliphatic heterocycles. The maximum Gasteiger partial charge on any atom is 0.213 e. The number of furan rings is 1. The molecule has 4 rings (SSSR count). The maximum absolute atomic E-state index is 6.06. The van der Waals surface area contributed by atoms with Gasteiger partial charge in [-0.1, -0.05) is 6.07 Å². The van der Waals surface area contributed by atoms with E-state index in [1.54, 1.807) is 0 Å². The summed E-state index contributed by atoms with van der Waals surface area (Å²) in [7, 11) is 2.09. The highest BCUT2D eigenvalue weighted by atomic mass is 16.3. The molecule has 0 saturated heterocycles. The lowest BCUT2D eigenvalue weighted by Gasteiger charge is -2.06. The molecule has 0 saturated carbocycles. The summed E-state index contributed by atoms with van der Waals surface area (Å²) in [4.78, 5) is 4.46. The Morgan fingerprint density at radius 1 is 1.00 bits per heavy atom. The Bertz CT molecular complexity index is 1060. The molecule has 0 amide bonds. The summed E-state index contributed by atoms with van der Waals surface area (Å²) in [6.45, 7) is 6.24. The zero-order valence-corrected chi connectivity index (χ0v) is 13.8. The topological polar surface area (TPSA) is 29.9 Å². The molecule has 0 aliphatic rings. The van der Waals surface area contributed by atoms with E-state index in [9.17, 15) is 0 Å². The van der Waals surface area contributed by atoms with Crippen LogP contribution < -0.4 is 4.57 Å². The van der Waals surface area contributed by atoms with Crippen LogP contribution >= 0.6 is 0 Å². The van der Waals surface area contributed by atoms with Gasteiger partial charge in [-0.25, -0.2) is 4.57 Å². The van der Waals surface area contributed by atoms with E-state index in [-0.39, 0.29) is 0 Å². The van der Waals surface area contributed by atoms with Crippen molar-refractivity contribution < 1.29 is 8.98 Å². The minimum atomic E-state index is 0.897. The quantitative estimate of drug-likeness (QED) is 0.488. The van der Waals surface area contributed by atoms with Crippen molar-refractivity contribution in [2.75, 3.05) is 0 Å². The second kappa shape index (κ2) is 4.92. The van der Waals surface area contributed by atoms with Crippen LogP contribution in [-0.4, -0.2) is 4.98 Å². The van der Waals surface area contributed by atoms with Crippen LogP contribution in [-0.2, 0) is 7.05 Å². The molecule has 23 heavy (non-hydrogen) atoms. The van der Waals surface area contributed by atoms with E-state index < -0.39 is 0 Å². The number of hydrogen-bond donors (Lipinski definition) is 0.